The molecule has 0 unspecified atom stereocenters. The molecule has 0 spiro atoms. The number of carbonyl (C=O) groups is 1. The normalized spacial score (nSPS) is 48.5. The van der Waals surface area contributed by atoms with E-state index in [4.69, 9.17) is 9.47 Å². The zero-order valence-electron chi connectivity index (χ0n) is 8.11. The number of hydrogen-bond acceptors (Lipinski definition) is 3. The van der Waals surface area contributed by atoms with Crippen LogP contribution in [0.2, 0.25) is 0 Å². The van der Waals surface area contributed by atoms with Crippen LogP contribution in [0, 0.1) is 11.8 Å². The van der Waals surface area contributed by atoms with Crippen molar-refractivity contribution in [3.63, 3.8) is 0 Å². The fourth-order valence-corrected chi connectivity index (χ4v) is 2.08. The third-order valence-electron chi connectivity index (χ3n) is 3.13. The third kappa shape index (κ3) is 1.00. The van der Waals surface area contributed by atoms with Gasteiger partial charge in [0.2, 0.25) is 0 Å². The van der Waals surface area contributed by atoms with Crippen LogP contribution in [-0.2, 0) is 14.3 Å². The molecule has 0 aromatic carbocycles. The quantitative estimate of drug-likeness (QED) is 0.570. The van der Waals surface area contributed by atoms with Crippen LogP contribution >= 0.6 is 0 Å². The van der Waals surface area contributed by atoms with Gasteiger partial charge in [0.1, 0.15) is 5.78 Å². The Kier molecular flexibility index (Phi) is 1.82. The zero-order valence-corrected chi connectivity index (χ0v) is 8.11. The highest BCUT2D eigenvalue weighted by Crippen LogP contribution is 2.41. The maximum absolute atomic E-state index is 11.8. The second kappa shape index (κ2) is 2.66. The minimum atomic E-state index is -0.783. The van der Waals surface area contributed by atoms with Crippen LogP contribution < -0.4 is 0 Å². The molecule has 2 bridgehead atoms. The summed E-state index contributed by atoms with van der Waals surface area (Å²) >= 11 is 0. The molecule has 2 rings (SSSR count). The number of rotatable bonds is 1. The molecule has 0 aromatic heterocycles. The summed E-state index contributed by atoms with van der Waals surface area (Å²) in [6, 6.07) is 0. The van der Waals surface area contributed by atoms with Crippen molar-refractivity contribution in [2.75, 3.05) is 7.11 Å². The fraction of sp³-hybridized carbons (Fsp3) is 0.700. The van der Waals surface area contributed by atoms with Crippen LogP contribution in [0.4, 0.5) is 0 Å². The second-order valence-corrected chi connectivity index (χ2v) is 3.78. The minimum Gasteiger partial charge on any atom is -0.349 e. The number of ketones is 1. The standard InChI is InChI=1S/C10H14O3/c1-6-8-4-5-10(12-3,13-8)7(2)9(6)11/h4-8H,1-3H3/t6-,7+,8-,10+/m1/s1. The first-order chi connectivity index (χ1) is 6.10. The molecule has 0 saturated carbocycles. The van der Waals surface area contributed by atoms with E-state index in [2.05, 4.69) is 0 Å². The molecule has 0 radical (unpaired) electrons. The van der Waals surface area contributed by atoms with Crippen LogP contribution in [0.3, 0.4) is 0 Å². The van der Waals surface area contributed by atoms with Gasteiger partial charge in [-0.25, -0.2) is 0 Å². The Balaban J connectivity index is 2.36. The lowest BCUT2D eigenvalue weighted by molar-refractivity contribution is -0.242. The SMILES string of the molecule is CO[C@@]12C=C[C@@H](O1)[C@@H](C)C(=O)[C@@H]2C. The van der Waals surface area contributed by atoms with Crippen LogP contribution in [-0.4, -0.2) is 24.8 Å². The van der Waals surface area contributed by atoms with E-state index in [1.54, 1.807) is 7.11 Å². The first kappa shape index (κ1) is 8.91. The summed E-state index contributed by atoms with van der Waals surface area (Å²) in [7, 11) is 1.58. The summed E-state index contributed by atoms with van der Waals surface area (Å²) in [6.45, 7) is 3.76. The highest BCUT2D eigenvalue weighted by Gasteiger charge is 2.52. The van der Waals surface area contributed by atoms with E-state index in [-0.39, 0.29) is 23.7 Å². The van der Waals surface area contributed by atoms with Gasteiger partial charge >= 0.3 is 0 Å². The lowest BCUT2D eigenvalue weighted by atomic mass is 9.86. The minimum absolute atomic E-state index is 0.0444. The summed E-state index contributed by atoms with van der Waals surface area (Å²) < 4.78 is 10.9. The van der Waals surface area contributed by atoms with Gasteiger partial charge in [-0.05, 0) is 13.0 Å². The number of Topliss-reactive ketones (excluding diaryl/α,β-unsaturated/α-hetero) is 1. The molecule has 2 heterocycles. The van der Waals surface area contributed by atoms with Gasteiger partial charge in [-0.15, -0.1) is 0 Å². The van der Waals surface area contributed by atoms with Gasteiger partial charge in [0.15, 0.2) is 5.79 Å². The van der Waals surface area contributed by atoms with Crippen LogP contribution in [0.25, 0.3) is 0 Å². The first-order valence-corrected chi connectivity index (χ1v) is 4.57. The molecular weight excluding hydrogens is 168 g/mol. The van der Waals surface area contributed by atoms with Gasteiger partial charge < -0.3 is 9.47 Å². The van der Waals surface area contributed by atoms with Crippen molar-refractivity contribution >= 4 is 5.78 Å². The van der Waals surface area contributed by atoms with E-state index in [0.717, 1.165) is 0 Å². The van der Waals surface area contributed by atoms with E-state index in [9.17, 15) is 4.79 Å². The van der Waals surface area contributed by atoms with E-state index in [1.165, 1.54) is 0 Å². The molecule has 72 valence electrons. The molecule has 0 amide bonds. The molecule has 1 saturated heterocycles. The molecule has 0 aliphatic carbocycles. The molecule has 0 N–H and O–H groups in total. The molecule has 2 aliphatic heterocycles. The Labute approximate surface area is 77.7 Å². The molecule has 2 aliphatic rings. The Morgan fingerprint density at radius 2 is 2.23 bits per heavy atom. The Bertz CT molecular complexity index is 271. The fourth-order valence-electron chi connectivity index (χ4n) is 2.08. The number of methoxy groups -OCH3 is 1. The highest BCUT2D eigenvalue weighted by molar-refractivity contribution is 5.86. The number of ether oxygens (including phenoxy) is 2. The van der Waals surface area contributed by atoms with Crippen LogP contribution in [0.5, 0.6) is 0 Å². The number of fused-ring (bicyclic) bond motifs is 2. The molecule has 1 fully saturated rings. The van der Waals surface area contributed by atoms with Crippen molar-refractivity contribution in [1.82, 2.24) is 0 Å². The molecule has 13 heavy (non-hydrogen) atoms. The van der Waals surface area contributed by atoms with Gasteiger partial charge in [-0.3, -0.25) is 4.79 Å². The molecule has 4 atom stereocenters. The number of carbonyl (C=O) groups excluding carboxylic acids is 1. The predicted octanol–water partition coefficient (Wildman–Crippen LogP) is 1.14. The van der Waals surface area contributed by atoms with Crippen molar-refractivity contribution in [3.8, 4) is 0 Å². The average Bonchev–Trinajstić information content (AvgIpc) is 2.55. The lowest BCUT2D eigenvalue weighted by Gasteiger charge is -2.39. The van der Waals surface area contributed by atoms with E-state index in [1.807, 2.05) is 26.0 Å². The van der Waals surface area contributed by atoms with Gasteiger partial charge in [0, 0.05) is 13.0 Å². The summed E-state index contributed by atoms with van der Waals surface area (Å²) in [4.78, 5) is 11.8. The zero-order chi connectivity index (χ0) is 9.64. The highest BCUT2D eigenvalue weighted by atomic mass is 16.7. The third-order valence-corrected chi connectivity index (χ3v) is 3.13. The second-order valence-electron chi connectivity index (χ2n) is 3.78. The molecular formula is C10H14O3. The van der Waals surface area contributed by atoms with E-state index < -0.39 is 5.79 Å². The Hall–Kier alpha value is -0.670. The smallest absolute Gasteiger partial charge is 0.197 e. The summed E-state index contributed by atoms with van der Waals surface area (Å²) in [5.41, 5.74) is 0. The summed E-state index contributed by atoms with van der Waals surface area (Å²) in [6.07, 6.45) is 3.70. The topological polar surface area (TPSA) is 35.5 Å². The Morgan fingerprint density at radius 3 is 2.85 bits per heavy atom. The average molecular weight is 182 g/mol. The summed E-state index contributed by atoms with van der Waals surface area (Å²) in [5.74, 6) is -0.809. The largest absolute Gasteiger partial charge is 0.349 e. The Morgan fingerprint density at radius 1 is 1.54 bits per heavy atom. The lowest BCUT2D eigenvalue weighted by Crippen LogP contribution is -2.51. The molecule has 3 nitrogen and oxygen atoms in total. The van der Waals surface area contributed by atoms with Gasteiger partial charge in [0.05, 0.1) is 12.0 Å². The number of hydrogen-bond donors (Lipinski definition) is 0. The van der Waals surface area contributed by atoms with Crippen molar-refractivity contribution < 1.29 is 14.3 Å². The monoisotopic (exact) mass is 182 g/mol. The maximum atomic E-state index is 11.8. The van der Waals surface area contributed by atoms with Gasteiger partial charge in [-0.2, -0.15) is 0 Å². The molecule has 0 aromatic rings. The van der Waals surface area contributed by atoms with Crippen molar-refractivity contribution in [2.24, 2.45) is 11.8 Å². The van der Waals surface area contributed by atoms with Crippen molar-refractivity contribution in [3.05, 3.63) is 12.2 Å². The molecule has 3 heteroatoms. The van der Waals surface area contributed by atoms with Gasteiger partial charge in [0.25, 0.3) is 0 Å². The summed E-state index contributed by atoms with van der Waals surface area (Å²) in [5, 5.41) is 0. The van der Waals surface area contributed by atoms with E-state index in [0.29, 0.717) is 0 Å². The maximum Gasteiger partial charge on any atom is 0.197 e. The first-order valence-electron chi connectivity index (χ1n) is 4.57. The van der Waals surface area contributed by atoms with Crippen LogP contribution in [0.15, 0.2) is 12.2 Å². The van der Waals surface area contributed by atoms with Crippen molar-refractivity contribution in [2.45, 2.75) is 25.7 Å². The van der Waals surface area contributed by atoms with Gasteiger partial charge in [-0.1, -0.05) is 13.0 Å². The van der Waals surface area contributed by atoms with Crippen LogP contribution in [0.1, 0.15) is 13.8 Å². The predicted molar refractivity (Wildman–Crippen MR) is 47.1 cm³/mol. The van der Waals surface area contributed by atoms with Crippen molar-refractivity contribution in [1.29, 1.82) is 0 Å². The van der Waals surface area contributed by atoms with E-state index >= 15 is 0 Å².